The maximum absolute atomic E-state index is 12.5. The Hall–Kier alpha value is -2.98. The third-order valence-electron chi connectivity index (χ3n) is 3.41. The Kier molecular flexibility index (Phi) is 4.68. The molecule has 1 aromatic heterocycles. The van der Waals surface area contributed by atoms with Gasteiger partial charge in [-0.3, -0.25) is 9.59 Å². The molecular weight excluding hydrogens is 324 g/mol. The highest BCUT2D eigenvalue weighted by Crippen LogP contribution is 2.16. The molecule has 24 heavy (non-hydrogen) atoms. The summed E-state index contributed by atoms with van der Waals surface area (Å²) in [6.45, 7) is 0. The van der Waals surface area contributed by atoms with Crippen LogP contribution in [-0.4, -0.2) is 16.7 Å². The van der Waals surface area contributed by atoms with Gasteiger partial charge in [0.1, 0.15) is 5.15 Å². The highest BCUT2D eigenvalue weighted by molar-refractivity contribution is 6.29. The third-order valence-corrected chi connectivity index (χ3v) is 3.61. The van der Waals surface area contributed by atoms with Gasteiger partial charge in [0.15, 0.2) is 5.78 Å². The van der Waals surface area contributed by atoms with Crippen LogP contribution in [0.5, 0.6) is 0 Å². The number of nitrogens with one attached hydrogen (secondary N) is 1. The Morgan fingerprint density at radius 3 is 2.33 bits per heavy atom. The van der Waals surface area contributed by atoms with E-state index in [0.29, 0.717) is 22.4 Å². The standard InChI is InChI=1S/C19H13ClN2O2/c20-17-12-15(9-10-21-17)19(24)22-16-8-4-7-14(11-16)18(23)13-5-2-1-3-6-13/h1-12H,(H,22,24). The lowest BCUT2D eigenvalue weighted by Crippen LogP contribution is -2.12. The van der Waals surface area contributed by atoms with E-state index in [9.17, 15) is 9.59 Å². The molecule has 1 N–H and O–H groups in total. The van der Waals surface area contributed by atoms with Crippen molar-refractivity contribution < 1.29 is 9.59 Å². The van der Waals surface area contributed by atoms with Crippen LogP contribution in [0.15, 0.2) is 72.9 Å². The molecule has 0 saturated carbocycles. The molecule has 1 heterocycles. The number of aromatic nitrogens is 1. The van der Waals surface area contributed by atoms with E-state index in [1.54, 1.807) is 42.5 Å². The second-order valence-electron chi connectivity index (χ2n) is 5.10. The molecule has 0 bridgehead atoms. The minimum Gasteiger partial charge on any atom is -0.322 e. The third kappa shape index (κ3) is 3.67. The number of amides is 1. The summed E-state index contributed by atoms with van der Waals surface area (Å²) in [5.74, 6) is -0.415. The lowest BCUT2D eigenvalue weighted by Gasteiger charge is -2.07. The maximum atomic E-state index is 12.5. The summed E-state index contributed by atoms with van der Waals surface area (Å²) < 4.78 is 0. The second-order valence-corrected chi connectivity index (χ2v) is 5.48. The summed E-state index contributed by atoms with van der Waals surface area (Å²) in [4.78, 5) is 28.5. The number of hydrogen-bond acceptors (Lipinski definition) is 3. The topological polar surface area (TPSA) is 59.1 Å². The minimum atomic E-state index is -0.316. The van der Waals surface area contributed by atoms with Crippen LogP contribution in [0.25, 0.3) is 0 Å². The Balaban J connectivity index is 1.81. The highest BCUT2D eigenvalue weighted by Gasteiger charge is 2.11. The number of nitrogens with zero attached hydrogens (tertiary/aromatic N) is 1. The number of benzene rings is 2. The largest absolute Gasteiger partial charge is 0.322 e. The van der Waals surface area contributed by atoms with Crippen LogP contribution in [0.1, 0.15) is 26.3 Å². The van der Waals surface area contributed by atoms with E-state index >= 15 is 0 Å². The van der Waals surface area contributed by atoms with E-state index in [1.807, 2.05) is 18.2 Å². The summed E-state index contributed by atoms with van der Waals surface area (Å²) in [7, 11) is 0. The lowest BCUT2D eigenvalue weighted by molar-refractivity contribution is 0.102. The average Bonchev–Trinajstić information content (AvgIpc) is 2.62. The van der Waals surface area contributed by atoms with Crippen molar-refractivity contribution in [1.29, 1.82) is 0 Å². The minimum absolute atomic E-state index is 0.0985. The first-order valence-corrected chi connectivity index (χ1v) is 7.64. The van der Waals surface area contributed by atoms with E-state index in [2.05, 4.69) is 10.3 Å². The molecule has 0 atom stereocenters. The molecule has 0 spiro atoms. The molecule has 0 aliphatic carbocycles. The van der Waals surface area contributed by atoms with Gasteiger partial charge in [-0.1, -0.05) is 54.1 Å². The van der Waals surface area contributed by atoms with Gasteiger partial charge in [0.25, 0.3) is 5.91 Å². The van der Waals surface area contributed by atoms with Gasteiger partial charge in [-0.2, -0.15) is 0 Å². The fraction of sp³-hybridized carbons (Fsp3) is 0. The molecule has 0 saturated heterocycles. The van der Waals surface area contributed by atoms with Gasteiger partial charge < -0.3 is 5.32 Å². The maximum Gasteiger partial charge on any atom is 0.255 e. The summed E-state index contributed by atoms with van der Waals surface area (Å²) in [6.07, 6.45) is 1.46. The molecule has 0 aliphatic heterocycles. The number of carbonyl (C=O) groups excluding carboxylic acids is 2. The summed E-state index contributed by atoms with van der Waals surface area (Å²) in [5, 5.41) is 3.00. The molecule has 1 amide bonds. The molecular formula is C19H13ClN2O2. The lowest BCUT2D eigenvalue weighted by atomic mass is 10.0. The van der Waals surface area contributed by atoms with Crippen molar-refractivity contribution in [3.8, 4) is 0 Å². The Morgan fingerprint density at radius 2 is 1.58 bits per heavy atom. The van der Waals surface area contributed by atoms with Crippen molar-refractivity contribution in [1.82, 2.24) is 4.98 Å². The van der Waals surface area contributed by atoms with Crippen LogP contribution in [0.4, 0.5) is 5.69 Å². The molecule has 4 nitrogen and oxygen atoms in total. The monoisotopic (exact) mass is 336 g/mol. The van der Waals surface area contributed by atoms with Crippen LogP contribution in [-0.2, 0) is 0 Å². The van der Waals surface area contributed by atoms with Crippen LogP contribution >= 0.6 is 11.6 Å². The smallest absolute Gasteiger partial charge is 0.255 e. The quantitative estimate of drug-likeness (QED) is 0.573. The number of ketones is 1. The molecule has 0 fully saturated rings. The molecule has 5 heteroatoms. The van der Waals surface area contributed by atoms with Crippen molar-refractivity contribution in [3.63, 3.8) is 0 Å². The molecule has 118 valence electrons. The average molecular weight is 337 g/mol. The Bertz CT molecular complexity index is 895. The van der Waals surface area contributed by atoms with Crippen LogP contribution in [0.3, 0.4) is 0 Å². The summed E-state index contributed by atoms with van der Waals surface area (Å²) in [5.41, 5.74) is 2.04. The fourth-order valence-corrected chi connectivity index (χ4v) is 2.42. The van der Waals surface area contributed by atoms with Gasteiger partial charge in [0.05, 0.1) is 0 Å². The van der Waals surface area contributed by atoms with Gasteiger partial charge in [-0.25, -0.2) is 4.98 Å². The van der Waals surface area contributed by atoms with Crippen LogP contribution in [0.2, 0.25) is 5.15 Å². The highest BCUT2D eigenvalue weighted by atomic mass is 35.5. The van der Waals surface area contributed by atoms with Gasteiger partial charge in [-0.15, -0.1) is 0 Å². The van der Waals surface area contributed by atoms with Crippen molar-refractivity contribution >= 4 is 29.0 Å². The van der Waals surface area contributed by atoms with Gasteiger partial charge in [0, 0.05) is 28.6 Å². The normalized spacial score (nSPS) is 10.2. The number of carbonyl (C=O) groups is 2. The fourth-order valence-electron chi connectivity index (χ4n) is 2.24. The number of hydrogen-bond donors (Lipinski definition) is 1. The zero-order chi connectivity index (χ0) is 16.9. The van der Waals surface area contributed by atoms with Gasteiger partial charge >= 0.3 is 0 Å². The van der Waals surface area contributed by atoms with Crippen molar-refractivity contribution in [2.75, 3.05) is 5.32 Å². The molecule has 3 aromatic rings. The first-order valence-electron chi connectivity index (χ1n) is 7.26. The van der Waals surface area contributed by atoms with E-state index in [4.69, 9.17) is 11.6 Å². The molecule has 0 aliphatic rings. The number of pyridine rings is 1. The van der Waals surface area contributed by atoms with E-state index < -0.39 is 0 Å². The Morgan fingerprint density at radius 1 is 0.833 bits per heavy atom. The van der Waals surface area contributed by atoms with E-state index in [1.165, 1.54) is 12.3 Å². The first kappa shape index (κ1) is 15.9. The number of rotatable bonds is 4. The summed E-state index contributed by atoms with van der Waals surface area (Å²) in [6, 6.07) is 18.9. The predicted molar refractivity (Wildman–Crippen MR) is 93.5 cm³/mol. The molecule has 3 rings (SSSR count). The molecule has 0 radical (unpaired) electrons. The van der Waals surface area contributed by atoms with Gasteiger partial charge in [0.2, 0.25) is 0 Å². The van der Waals surface area contributed by atoms with E-state index in [0.717, 1.165) is 0 Å². The summed E-state index contributed by atoms with van der Waals surface area (Å²) >= 11 is 5.79. The van der Waals surface area contributed by atoms with Crippen LogP contribution in [0, 0.1) is 0 Å². The van der Waals surface area contributed by atoms with Gasteiger partial charge in [-0.05, 0) is 24.3 Å². The molecule has 2 aromatic carbocycles. The van der Waals surface area contributed by atoms with Crippen molar-refractivity contribution in [2.45, 2.75) is 0 Å². The van der Waals surface area contributed by atoms with Crippen LogP contribution < -0.4 is 5.32 Å². The first-order chi connectivity index (χ1) is 11.6. The van der Waals surface area contributed by atoms with E-state index in [-0.39, 0.29) is 16.8 Å². The second kappa shape index (κ2) is 7.06. The zero-order valence-electron chi connectivity index (χ0n) is 12.6. The van der Waals surface area contributed by atoms with Crippen molar-refractivity contribution in [2.24, 2.45) is 0 Å². The molecule has 0 unspecified atom stereocenters. The van der Waals surface area contributed by atoms with Crippen molar-refractivity contribution in [3.05, 3.63) is 94.8 Å². The predicted octanol–water partition coefficient (Wildman–Crippen LogP) is 4.22. The number of halogens is 1. The zero-order valence-corrected chi connectivity index (χ0v) is 13.3. The Labute approximate surface area is 144 Å². The SMILES string of the molecule is O=C(Nc1cccc(C(=O)c2ccccc2)c1)c1ccnc(Cl)c1. The number of anilines is 1.